The zero-order chi connectivity index (χ0) is 11.8. The predicted octanol–water partition coefficient (Wildman–Crippen LogP) is 1.11. The van der Waals surface area contributed by atoms with Gasteiger partial charge in [0, 0.05) is 7.05 Å². The van der Waals surface area contributed by atoms with Gasteiger partial charge in [-0.1, -0.05) is 0 Å². The van der Waals surface area contributed by atoms with Crippen LogP contribution in [0.2, 0.25) is 0 Å². The first-order valence-corrected chi connectivity index (χ1v) is 4.97. The Morgan fingerprint density at radius 3 is 2.00 bits per heavy atom. The Morgan fingerprint density at radius 2 is 1.62 bits per heavy atom. The quantitative estimate of drug-likeness (QED) is 0.657. The van der Waals surface area contributed by atoms with Crippen LogP contribution in [0.1, 0.15) is 0 Å². The molecular formula is C7H9N7S2. The molecule has 0 aliphatic carbocycles. The van der Waals surface area contributed by atoms with Crippen LogP contribution in [0.3, 0.4) is 0 Å². The first kappa shape index (κ1) is 12.3. The minimum absolute atomic E-state index is 0.383. The van der Waals surface area contributed by atoms with E-state index >= 15 is 0 Å². The average molecular weight is 255 g/mol. The number of aromatic amines is 2. The highest BCUT2D eigenvalue weighted by Gasteiger charge is 1.87. The fraction of sp³-hybridized carbons (Fsp3) is 0.143. The molecule has 0 aliphatic rings. The van der Waals surface area contributed by atoms with E-state index in [1.807, 2.05) is 0 Å². The smallest absolute Gasteiger partial charge is 0.204 e. The maximum Gasteiger partial charge on any atom is 0.204 e. The molecule has 0 radical (unpaired) electrons. The van der Waals surface area contributed by atoms with Crippen molar-refractivity contribution in [2.75, 3.05) is 12.4 Å². The monoisotopic (exact) mass is 255 g/mol. The maximum atomic E-state index is 4.80. The van der Waals surface area contributed by atoms with Crippen LogP contribution in [-0.2, 0) is 0 Å². The molecule has 2 rings (SSSR count). The van der Waals surface area contributed by atoms with Crippen LogP contribution in [0.25, 0.3) is 0 Å². The summed E-state index contributed by atoms with van der Waals surface area (Å²) >= 11 is 9.56. The van der Waals surface area contributed by atoms with Gasteiger partial charge in [-0.25, -0.2) is 15.0 Å². The molecule has 9 heteroatoms. The van der Waals surface area contributed by atoms with E-state index < -0.39 is 0 Å². The number of hydrogen-bond acceptors (Lipinski definition) is 7. The Balaban J connectivity index is 0.000000181. The molecule has 0 fully saturated rings. The summed E-state index contributed by atoms with van der Waals surface area (Å²) in [6.45, 7) is 0. The van der Waals surface area contributed by atoms with Gasteiger partial charge in [-0.2, -0.15) is 4.98 Å². The van der Waals surface area contributed by atoms with Crippen molar-refractivity contribution in [2.45, 2.75) is 0 Å². The van der Waals surface area contributed by atoms with Crippen molar-refractivity contribution < 1.29 is 0 Å². The van der Waals surface area contributed by atoms with Crippen LogP contribution in [0, 0.1) is 9.54 Å². The van der Waals surface area contributed by atoms with Crippen molar-refractivity contribution in [3.05, 3.63) is 28.5 Å². The van der Waals surface area contributed by atoms with Crippen molar-refractivity contribution in [2.24, 2.45) is 0 Å². The molecule has 0 atom stereocenters. The maximum absolute atomic E-state index is 4.80. The van der Waals surface area contributed by atoms with Gasteiger partial charge >= 0.3 is 0 Å². The second kappa shape index (κ2) is 6.69. The average Bonchev–Trinajstić information content (AvgIpc) is 2.31. The van der Waals surface area contributed by atoms with Crippen LogP contribution in [0.4, 0.5) is 5.95 Å². The van der Waals surface area contributed by atoms with E-state index in [0.29, 0.717) is 15.5 Å². The third kappa shape index (κ3) is 4.66. The highest BCUT2D eigenvalue weighted by atomic mass is 32.1. The molecule has 0 aliphatic heterocycles. The van der Waals surface area contributed by atoms with Crippen molar-refractivity contribution in [3.63, 3.8) is 0 Å². The largest absolute Gasteiger partial charge is 0.359 e. The summed E-state index contributed by atoms with van der Waals surface area (Å²) in [6, 6.07) is 0. The first-order chi connectivity index (χ1) is 7.72. The van der Waals surface area contributed by atoms with Gasteiger partial charge in [0.1, 0.15) is 19.0 Å². The molecule has 7 nitrogen and oxygen atoms in total. The minimum atomic E-state index is 0.383. The summed E-state index contributed by atoms with van der Waals surface area (Å²) in [5.74, 6) is 0.578. The lowest BCUT2D eigenvalue weighted by Gasteiger charge is -1.95. The van der Waals surface area contributed by atoms with Crippen LogP contribution in [0.5, 0.6) is 0 Å². The second-order valence-corrected chi connectivity index (χ2v) is 3.18. The number of anilines is 1. The summed E-state index contributed by atoms with van der Waals surface area (Å²) in [6.07, 6.45) is 4.31. The number of H-pyrrole nitrogens is 2. The summed E-state index contributed by atoms with van der Waals surface area (Å²) in [5.41, 5.74) is 0. The van der Waals surface area contributed by atoms with Crippen molar-refractivity contribution in [1.29, 1.82) is 0 Å². The molecule has 0 spiro atoms. The van der Waals surface area contributed by atoms with E-state index in [4.69, 9.17) is 24.4 Å². The standard InChI is InChI=1S/C4H6N4S2.C3H3N3/c1-5-2-6-3(9)8-4(10)7-2;1-4-2-6-3-5-1/h1H3,(H3,5,6,7,8,9,10);1-3H. The molecule has 0 amide bonds. The van der Waals surface area contributed by atoms with E-state index in [9.17, 15) is 0 Å². The number of hydrogen-bond donors (Lipinski definition) is 3. The molecule has 2 heterocycles. The Kier molecular flexibility index (Phi) is 5.16. The molecule has 0 saturated carbocycles. The predicted molar refractivity (Wildman–Crippen MR) is 64.0 cm³/mol. The van der Waals surface area contributed by atoms with E-state index in [1.165, 1.54) is 19.0 Å². The number of nitrogens with one attached hydrogen (secondary N) is 3. The minimum Gasteiger partial charge on any atom is -0.359 e. The first-order valence-electron chi connectivity index (χ1n) is 4.15. The van der Waals surface area contributed by atoms with Crippen molar-refractivity contribution >= 4 is 30.4 Å². The zero-order valence-corrected chi connectivity index (χ0v) is 9.97. The van der Waals surface area contributed by atoms with Gasteiger partial charge in [0.15, 0.2) is 4.77 Å². The van der Waals surface area contributed by atoms with E-state index in [0.717, 1.165) is 0 Å². The lowest BCUT2D eigenvalue weighted by molar-refractivity contribution is 1.00. The molecule has 0 unspecified atom stereocenters. The van der Waals surface area contributed by atoms with E-state index in [2.05, 4.69) is 35.2 Å². The Hall–Kier alpha value is -1.74. The summed E-state index contributed by atoms with van der Waals surface area (Å²) < 4.78 is 0.859. The molecule has 2 aromatic heterocycles. The highest BCUT2D eigenvalue weighted by Crippen LogP contribution is 1.91. The molecule has 0 bridgehead atoms. The number of aromatic nitrogens is 6. The highest BCUT2D eigenvalue weighted by molar-refractivity contribution is 7.71. The molecule has 16 heavy (non-hydrogen) atoms. The van der Waals surface area contributed by atoms with Gasteiger partial charge in [0.25, 0.3) is 0 Å². The SMILES string of the molecule is CNc1nc(=S)[nH]c(=S)[nH]1.c1ncncn1. The third-order valence-corrected chi connectivity index (χ3v) is 1.70. The fourth-order valence-electron chi connectivity index (χ4n) is 0.717. The van der Waals surface area contributed by atoms with Crippen LogP contribution >= 0.6 is 24.4 Å². The number of rotatable bonds is 1. The second-order valence-electron chi connectivity index (χ2n) is 2.39. The Bertz CT molecular complexity index is 465. The van der Waals surface area contributed by atoms with Crippen LogP contribution in [-0.4, -0.2) is 37.0 Å². The Labute approximate surface area is 101 Å². The van der Waals surface area contributed by atoms with Crippen LogP contribution in [0.15, 0.2) is 19.0 Å². The molecule has 84 valence electrons. The van der Waals surface area contributed by atoms with Gasteiger partial charge in [-0.3, -0.25) is 0 Å². The molecule has 0 aromatic carbocycles. The van der Waals surface area contributed by atoms with Gasteiger partial charge in [-0.05, 0) is 24.4 Å². The van der Waals surface area contributed by atoms with Crippen LogP contribution < -0.4 is 5.32 Å². The van der Waals surface area contributed by atoms with Gasteiger partial charge in [-0.15, -0.1) is 0 Å². The van der Waals surface area contributed by atoms with Gasteiger partial charge in [0.05, 0.1) is 0 Å². The Morgan fingerprint density at radius 1 is 1.06 bits per heavy atom. The molecule has 2 aromatic rings. The fourth-order valence-corrected chi connectivity index (χ4v) is 1.17. The number of nitrogens with zero attached hydrogens (tertiary/aromatic N) is 4. The van der Waals surface area contributed by atoms with Crippen molar-refractivity contribution in [1.82, 2.24) is 29.9 Å². The van der Waals surface area contributed by atoms with E-state index in [-0.39, 0.29) is 0 Å². The molecule has 0 saturated heterocycles. The zero-order valence-electron chi connectivity index (χ0n) is 8.34. The normalized spacial score (nSPS) is 8.81. The summed E-state index contributed by atoms with van der Waals surface area (Å²) in [5, 5.41) is 2.79. The van der Waals surface area contributed by atoms with E-state index in [1.54, 1.807) is 7.05 Å². The topological polar surface area (TPSA) is 95.2 Å². The van der Waals surface area contributed by atoms with Gasteiger partial charge < -0.3 is 15.3 Å². The van der Waals surface area contributed by atoms with Crippen molar-refractivity contribution in [3.8, 4) is 0 Å². The lowest BCUT2D eigenvalue weighted by Crippen LogP contribution is -1.97. The molecular weight excluding hydrogens is 246 g/mol. The third-order valence-electron chi connectivity index (χ3n) is 1.30. The lowest BCUT2D eigenvalue weighted by atomic mass is 10.9. The van der Waals surface area contributed by atoms with Gasteiger partial charge in [0.2, 0.25) is 10.7 Å². The molecule has 3 N–H and O–H groups in total. The summed E-state index contributed by atoms with van der Waals surface area (Å²) in [7, 11) is 1.74. The summed E-state index contributed by atoms with van der Waals surface area (Å²) in [4.78, 5) is 20.0.